The summed E-state index contributed by atoms with van der Waals surface area (Å²) in [5.41, 5.74) is 3.71. The van der Waals surface area contributed by atoms with E-state index in [1.165, 1.54) is 4.70 Å². The highest BCUT2D eigenvalue weighted by molar-refractivity contribution is 7.18. The van der Waals surface area contributed by atoms with Crippen LogP contribution in [0.2, 0.25) is 0 Å². The Morgan fingerprint density at radius 1 is 1.38 bits per heavy atom. The van der Waals surface area contributed by atoms with E-state index >= 15 is 0 Å². The second kappa shape index (κ2) is 3.83. The second-order valence-corrected chi connectivity index (χ2v) is 3.89. The first-order valence-electron chi connectivity index (χ1n) is 4.18. The first-order chi connectivity index (χ1) is 6.40. The quantitative estimate of drug-likeness (QED) is 0.570. The maximum Gasteiger partial charge on any atom is 0.0951 e. The van der Waals surface area contributed by atoms with Gasteiger partial charge in [-0.2, -0.15) is 0 Å². The summed E-state index contributed by atoms with van der Waals surface area (Å²) in [6, 6.07) is 8.16. The maximum absolute atomic E-state index is 5.20. The molecule has 0 amide bonds. The minimum atomic E-state index is 0.778. The first kappa shape index (κ1) is 8.62. The number of benzene rings is 1. The molecular weight excluding hydrogens is 182 g/mol. The van der Waals surface area contributed by atoms with Crippen LogP contribution in [-0.2, 0) is 6.42 Å². The summed E-state index contributed by atoms with van der Waals surface area (Å²) >= 11 is 1.73. The van der Waals surface area contributed by atoms with E-state index in [2.05, 4.69) is 16.5 Å². The van der Waals surface area contributed by atoms with E-state index in [1.54, 1.807) is 11.3 Å². The Bertz CT molecular complexity index is 363. The van der Waals surface area contributed by atoms with Gasteiger partial charge in [-0.15, -0.1) is 11.3 Å². The standard InChI is InChI=1S/C9H11N3S/c10-11-6-5-9-12-7-3-1-2-4-8(7)13-9/h1-4,11H,5-6,10H2. The van der Waals surface area contributed by atoms with Gasteiger partial charge in [0.25, 0.3) is 0 Å². The molecule has 0 saturated heterocycles. The molecule has 0 unspecified atom stereocenters. The third kappa shape index (κ3) is 1.85. The number of para-hydroxylation sites is 1. The summed E-state index contributed by atoms with van der Waals surface area (Å²) in [6.45, 7) is 0.778. The molecule has 4 heteroatoms. The zero-order valence-corrected chi connectivity index (χ0v) is 7.97. The number of hydrogen-bond donors (Lipinski definition) is 2. The Labute approximate surface area is 80.6 Å². The van der Waals surface area contributed by atoms with Crippen molar-refractivity contribution in [2.75, 3.05) is 6.54 Å². The lowest BCUT2D eigenvalue weighted by atomic mass is 10.3. The van der Waals surface area contributed by atoms with Crippen molar-refractivity contribution in [3.63, 3.8) is 0 Å². The normalized spacial score (nSPS) is 10.8. The molecule has 3 nitrogen and oxygen atoms in total. The maximum atomic E-state index is 5.20. The van der Waals surface area contributed by atoms with Crippen LogP contribution in [0.25, 0.3) is 10.2 Å². The summed E-state index contributed by atoms with van der Waals surface area (Å²) in [7, 11) is 0. The van der Waals surface area contributed by atoms with E-state index in [0.29, 0.717) is 0 Å². The first-order valence-corrected chi connectivity index (χ1v) is 5.00. The van der Waals surface area contributed by atoms with Gasteiger partial charge in [-0.05, 0) is 12.1 Å². The molecular formula is C9H11N3S. The van der Waals surface area contributed by atoms with Crippen molar-refractivity contribution in [1.29, 1.82) is 0 Å². The van der Waals surface area contributed by atoms with Crippen molar-refractivity contribution in [1.82, 2.24) is 10.4 Å². The molecule has 0 atom stereocenters. The molecule has 0 aliphatic heterocycles. The number of thiazole rings is 1. The molecule has 0 fully saturated rings. The fourth-order valence-electron chi connectivity index (χ4n) is 1.21. The number of rotatable bonds is 3. The summed E-state index contributed by atoms with van der Waals surface area (Å²) in [5, 5.41) is 1.14. The third-order valence-electron chi connectivity index (χ3n) is 1.82. The van der Waals surface area contributed by atoms with E-state index in [9.17, 15) is 0 Å². The molecule has 0 radical (unpaired) electrons. The van der Waals surface area contributed by atoms with Crippen LogP contribution in [0, 0.1) is 0 Å². The molecule has 0 aliphatic rings. The van der Waals surface area contributed by atoms with Crippen LogP contribution in [0.4, 0.5) is 0 Å². The Morgan fingerprint density at radius 3 is 3.00 bits per heavy atom. The number of aromatic nitrogens is 1. The van der Waals surface area contributed by atoms with Crippen LogP contribution < -0.4 is 11.3 Å². The number of nitrogens with two attached hydrogens (primary N) is 1. The summed E-state index contributed by atoms with van der Waals surface area (Å²) in [4.78, 5) is 4.47. The van der Waals surface area contributed by atoms with Gasteiger partial charge in [0.05, 0.1) is 15.2 Å². The number of fused-ring (bicyclic) bond motifs is 1. The lowest BCUT2D eigenvalue weighted by Gasteiger charge is -1.92. The zero-order chi connectivity index (χ0) is 9.10. The van der Waals surface area contributed by atoms with Crippen molar-refractivity contribution >= 4 is 21.6 Å². The molecule has 68 valence electrons. The Hall–Kier alpha value is -0.970. The number of nitrogens with one attached hydrogen (secondary N) is 1. The Balaban J connectivity index is 2.28. The molecule has 0 saturated carbocycles. The third-order valence-corrected chi connectivity index (χ3v) is 2.92. The molecule has 1 aromatic carbocycles. The topological polar surface area (TPSA) is 50.9 Å². The average molecular weight is 193 g/mol. The molecule has 1 aromatic heterocycles. The minimum Gasteiger partial charge on any atom is -0.271 e. The predicted octanol–water partition coefficient (Wildman–Crippen LogP) is 1.30. The zero-order valence-electron chi connectivity index (χ0n) is 7.16. The van der Waals surface area contributed by atoms with Gasteiger partial charge in [0, 0.05) is 13.0 Å². The summed E-state index contributed by atoms with van der Waals surface area (Å²) < 4.78 is 1.24. The molecule has 0 spiro atoms. The summed E-state index contributed by atoms with van der Waals surface area (Å²) in [6.07, 6.45) is 0.899. The Kier molecular flexibility index (Phi) is 2.54. The van der Waals surface area contributed by atoms with E-state index in [0.717, 1.165) is 23.5 Å². The van der Waals surface area contributed by atoms with E-state index in [-0.39, 0.29) is 0 Å². The lowest BCUT2D eigenvalue weighted by molar-refractivity contribution is 0.727. The Morgan fingerprint density at radius 2 is 2.23 bits per heavy atom. The fraction of sp³-hybridized carbons (Fsp3) is 0.222. The largest absolute Gasteiger partial charge is 0.271 e. The van der Waals surface area contributed by atoms with Crippen molar-refractivity contribution in [2.45, 2.75) is 6.42 Å². The van der Waals surface area contributed by atoms with Crippen molar-refractivity contribution in [2.24, 2.45) is 5.84 Å². The highest BCUT2D eigenvalue weighted by Gasteiger charge is 2.01. The SMILES string of the molecule is NNCCc1nc2ccccc2s1. The number of nitrogens with zero attached hydrogens (tertiary/aromatic N) is 1. The molecule has 1 heterocycles. The van der Waals surface area contributed by atoms with Gasteiger partial charge >= 0.3 is 0 Å². The van der Waals surface area contributed by atoms with Crippen LogP contribution >= 0.6 is 11.3 Å². The number of hydrazine groups is 1. The molecule has 0 aliphatic carbocycles. The monoisotopic (exact) mass is 193 g/mol. The lowest BCUT2D eigenvalue weighted by Crippen LogP contribution is -2.24. The molecule has 2 rings (SSSR count). The van der Waals surface area contributed by atoms with Crippen molar-refractivity contribution in [3.8, 4) is 0 Å². The average Bonchev–Trinajstić information content (AvgIpc) is 2.57. The van der Waals surface area contributed by atoms with Gasteiger partial charge in [0.1, 0.15) is 0 Å². The number of hydrogen-bond acceptors (Lipinski definition) is 4. The van der Waals surface area contributed by atoms with Gasteiger partial charge in [0.15, 0.2) is 0 Å². The van der Waals surface area contributed by atoms with Crippen LogP contribution in [0.1, 0.15) is 5.01 Å². The van der Waals surface area contributed by atoms with Crippen LogP contribution in [-0.4, -0.2) is 11.5 Å². The minimum absolute atomic E-state index is 0.778. The molecule has 13 heavy (non-hydrogen) atoms. The second-order valence-electron chi connectivity index (χ2n) is 2.78. The fourth-order valence-corrected chi connectivity index (χ4v) is 2.17. The van der Waals surface area contributed by atoms with Gasteiger partial charge in [-0.1, -0.05) is 12.1 Å². The van der Waals surface area contributed by atoms with Gasteiger partial charge in [-0.25, -0.2) is 4.98 Å². The van der Waals surface area contributed by atoms with Gasteiger partial charge < -0.3 is 0 Å². The van der Waals surface area contributed by atoms with Crippen LogP contribution in [0.3, 0.4) is 0 Å². The van der Waals surface area contributed by atoms with Crippen LogP contribution in [0.5, 0.6) is 0 Å². The highest BCUT2D eigenvalue weighted by Crippen LogP contribution is 2.21. The van der Waals surface area contributed by atoms with Gasteiger partial charge in [0.2, 0.25) is 0 Å². The van der Waals surface area contributed by atoms with Crippen LogP contribution in [0.15, 0.2) is 24.3 Å². The highest BCUT2D eigenvalue weighted by atomic mass is 32.1. The molecule has 0 bridgehead atoms. The van der Waals surface area contributed by atoms with E-state index in [4.69, 9.17) is 5.84 Å². The van der Waals surface area contributed by atoms with Gasteiger partial charge in [-0.3, -0.25) is 11.3 Å². The van der Waals surface area contributed by atoms with Crippen molar-refractivity contribution < 1.29 is 0 Å². The molecule has 2 aromatic rings. The van der Waals surface area contributed by atoms with E-state index in [1.807, 2.05) is 18.2 Å². The van der Waals surface area contributed by atoms with E-state index < -0.39 is 0 Å². The summed E-state index contributed by atoms with van der Waals surface area (Å²) in [5.74, 6) is 5.20. The molecule has 3 N–H and O–H groups in total. The smallest absolute Gasteiger partial charge is 0.0951 e. The van der Waals surface area contributed by atoms with Crippen molar-refractivity contribution in [3.05, 3.63) is 29.3 Å². The predicted molar refractivity (Wildman–Crippen MR) is 55.5 cm³/mol.